The number of carboxylic acids is 1. The van der Waals surface area contributed by atoms with E-state index in [4.69, 9.17) is 10.5 Å². The minimum absolute atomic E-state index is 0.0334. The molecule has 5 aliphatic heterocycles. The number of hydrogen-bond acceptors (Lipinski definition) is 7. The van der Waals surface area contributed by atoms with Gasteiger partial charge in [0, 0.05) is 36.0 Å². The van der Waals surface area contributed by atoms with E-state index in [0.29, 0.717) is 36.1 Å². The number of benzene rings is 1. The summed E-state index contributed by atoms with van der Waals surface area (Å²) >= 11 is 1.36. The zero-order chi connectivity index (χ0) is 18.0. The molecule has 1 aromatic carbocycles. The quantitative estimate of drug-likeness (QED) is 0.751. The van der Waals surface area contributed by atoms with Crippen molar-refractivity contribution in [1.29, 1.82) is 0 Å². The second-order valence-corrected chi connectivity index (χ2v) is 8.56. The number of allylic oxidation sites excluding steroid dienone is 1. The molecule has 2 bridgehead atoms. The number of aliphatic carboxylic acids is 1. The molecule has 0 aliphatic carbocycles. The lowest BCUT2D eigenvalue weighted by Gasteiger charge is -2.40. The van der Waals surface area contributed by atoms with Gasteiger partial charge >= 0.3 is 5.97 Å². The van der Waals surface area contributed by atoms with E-state index < -0.39 is 28.4 Å². The number of nitrogens with zero attached hydrogens (tertiary/aromatic N) is 2. The van der Waals surface area contributed by atoms with Crippen molar-refractivity contribution in [3.05, 3.63) is 28.2 Å². The molecular weight excluding hydrogens is 361 g/mol. The number of rotatable bonds is 2. The maximum Gasteiger partial charge on any atom is 0.321 e. The number of halogens is 1. The largest absolute Gasteiger partial charge is 0.480 e. The zero-order valence-electron chi connectivity index (χ0n) is 13.5. The average Bonchev–Trinajstić information content (AvgIpc) is 3.32. The Hall–Kier alpha value is -2.26. The van der Waals surface area contributed by atoms with Crippen molar-refractivity contribution in [1.82, 2.24) is 0 Å². The molecule has 0 spiro atoms. The second-order valence-electron chi connectivity index (χ2n) is 7.38. The summed E-state index contributed by atoms with van der Waals surface area (Å²) in [6.45, 7) is 1.13. The molecule has 0 radical (unpaired) electrons. The van der Waals surface area contributed by atoms with Gasteiger partial charge in [-0.05, 0) is 12.5 Å². The van der Waals surface area contributed by atoms with Crippen LogP contribution < -0.4 is 20.3 Å². The highest BCUT2D eigenvalue weighted by molar-refractivity contribution is 8.04. The lowest BCUT2D eigenvalue weighted by Crippen LogP contribution is -2.56. The normalized spacial score (nSPS) is 32.8. The first-order valence-corrected chi connectivity index (χ1v) is 9.33. The number of nitrogens with two attached hydrogens (primary N) is 1. The summed E-state index contributed by atoms with van der Waals surface area (Å²) < 4.78 is 21.0. The summed E-state index contributed by atoms with van der Waals surface area (Å²) in [5.74, 6) is -1.39. The molecule has 2 saturated heterocycles. The van der Waals surface area contributed by atoms with E-state index in [1.165, 1.54) is 17.8 Å². The predicted molar refractivity (Wildman–Crippen MR) is 91.7 cm³/mol. The summed E-state index contributed by atoms with van der Waals surface area (Å²) in [5, 5.41) is 9.26. The van der Waals surface area contributed by atoms with Crippen molar-refractivity contribution < 1.29 is 23.8 Å². The van der Waals surface area contributed by atoms with Gasteiger partial charge < -0.3 is 20.5 Å². The monoisotopic (exact) mass is 375 g/mol. The fourth-order valence-electron chi connectivity index (χ4n) is 4.79. The molecule has 26 heavy (non-hydrogen) atoms. The number of fused-ring (bicyclic) bond motifs is 1. The number of hydrogen-bond donors (Lipinski definition) is 2. The molecular formula is C17H14FN3O4S. The first-order chi connectivity index (χ1) is 12.4. The number of anilines is 2. The van der Waals surface area contributed by atoms with Crippen LogP contribution >= 0.6 is 11.8 Å². The third-order valence-electron chi connectivity index (χ3n) is 6.00. The van der Waals surface area contributed by atoms with Gasteiger partial charge in [-0.2, -0.15) is 0 Å². The van der Waals surface area contributed by atoms with E-state index in [9.17, 15) is 14.7 Å². The maximum absolute atomic E-state index is 15.0. The Morgan fingerprint density at radius 1 is 1.46 bits per heavy atom. The molecule has 0 aromatic heterocycles. The number of Topliss-reactive ketones (excluding diaryl/α,β-unsaturated/α-hetero) is 1. The van der Waals surface area contributed by atoms with Gasteiger partial charge in [0.25, 0.3) is 0 Å². The minimum atomic E-state index is -1.56. The van der Waals surface area contributed by atoms with Crippen LogP contribution in [0.4, 0.5) is 15.8 Å². The highest BCUT2D eigenvalue weighted by Gasteiger charge is 2.70. The Morgan fingerprint density at radius 2 is 2.27 bits per heavy atom. The fraction of sp³-hybridized carbons (Fsp3) is 0.412. The van der Waals surface area contributed by atoms with Crippen LogP contribution in [-0.2, 0) is 4.79 Å². The lowest BCUT2D eigenvalue weighted by molar-refractivity contribution is -0.145. The number of carboxylic acid groups (broad SMARTS) is 1. The third kappa shape index (κ3) is 1.40. The van der Waals surface area contributed by atoms with Crippen LogP contribution in [0.1, 0.15) is 23.2 Å². The number of carbonyl (C=O) groups is 2. The summed E-state index contributed by atoms with van der Waals surface area (Å²) in [6, 6.07) is 1.14. The molecule has 1 aromatic rings. The zero-order valence-corrected chi connectivity index (χ0v) is 14.3. The number of ketones is 1. The Labute approximate surface area is 151 Å². The molecule has 3 unspecified atom stereocenters. The van der Waals surface area contributed by atoms with Crippen LogP contribution in [0, 0.1) is 11.2 Å². The van der Waals surface area contributed by atoms with Crippen molar-refractivity contribution in [3.8, 4) is 5.75 Å². The highest BCUT2D eigenvalue weighted by Crippen LogP contribution is 2.69. The average molecular weight is 375 g/mol. The first-order valence-electron chi connectivity index (χ1n) is 8.45. The summed E-state index contributed by atoms with van der Waals surface area (Å²) in [5.41, 5.74) is 5.32. The van der Waals surface area contributed by atoms with Gasteiger partial charge in [0.15, 0.2) is 22.8 Å². The number of ether oxygens (including phenoxy) is 1. The van der Waals surface area contributed by atoms with Crippen LogP contribution in [0.3, 0.4) is 0 Å². The summed E-state index contributed by atoms with van der Waals surface area (Å²) in [7, 11) is 0. The number of thioether (sulfide) groups is 1. The van der Waals surface area contributed by atoms with E-state index in [-0.39, 0.29) is 18.0 Å². The van der Waals surface area contributed by atoms with Gasteiger partial charge in [-0.1, -0.05) is 11.8 Å². The lowest BCUT2D eigenvalue weighted by atomic mass is 9.72. The predicted octanol–water partition coefficient (Wildman–Crippen LogP) is 1.47. The summed E-state index contributed by atoms with van der Waals surface area (Å²) in [6.07, 6.45) is 0.860. The van der Waals surface area contributed by atoms with Crippen molar-refractivity contribution in [2.24, 2.45) is 11.1 Å². The molecule has 0 amide bonds. The van der Waals surface area contributed by atoms with Gasteiger partial charge in [-0.15, -0.1) is 0 Å². The van der Waals surface area contributed by atoms with Gasteiger partial charge in [-0.3, -0.25) is 14.5 Å². The molecule has 7 nitrogen and oxygen atoms in total. The van der Waals surface area contributed by atoms with Crippen LogP contribution in [-0.4, -0.2) is 41.4 Å². The SMILES string of the molecule is NC1CCN(c2c(F)cc3c4c2OC2=C5CC(C(=O)O)(C3=O)C(S5)N24)C1. The minimum Gasteiger partial charge on any atom is -0.480 e. The van der Waals surface area contributed by atoms with Crippen molar-refractivity contribution >= 4 is 34.9 Å². The van der Waals surface area contributed by atoms with E-state index in [1.54, 1.807) is 4.90 Å². The van der Waals surface area contributed by atoms with Crippen LogP contribution in [0.5, 0.6) is 5.75 Å². The molecule has 134 valence electrons. The van der Waals surface area contributed by atoms with Gasteiger partial charge in [0.05, 0.1) is 0 Å². The van der Waals surface area contributed by atoms with Gasteiger partial charge in [0.1, 0.15) is 16.7 Å². The highest BCUT2D eigenvalue weighted by atomic mass is 32.2. The first kappa shape index (κ1) is 14.9. The Balaban J connectivity index is 1.63. The van der Waals surface area contributed by atoms with Gasteiger partial charge in [0.2, 0.25) is 5.88 Å². The second kappa shape index (κ2) is 4.34. The molecule has 5 heterocycles. The molecule has 3 N–H and O–H groups in total. The van der Waals surface area contributed by atoms with Crippen molar-refractivity contribution in [2.45, 2.75) is 24.3 Å². The topological polar surface area (TPSA) is 96.1 Å². The van der Waals surface area contributed by atoms with E-state index >= 15 is 4.39 Å². The Morgan fingerprint density at radius 3 is 2.96 bits per heavy atom. The Kier molecular flexibility index (Phi) is 2.48. The Bertz CT molecular complexity index is 979. The van der Waals surface area contributed by atoms with E-state index in [2.05, 4.69) is 0 Å². The summed E-state index contributed by atoms with van der Waals surface area (Å²) in [4.78, 5) is 29.5. The standard InChI is InChI=1S/C17H14FN3O4S/c18-8-3-7-10-12(11(8)20-2-1-6(19)5-20)25-14-9-4-17(13(7)22,16(23)24)15(26-9)21(10)14/h3,6,15H,1-2,4-5,19H2,(H,23,24). The van der Waals surface area contributed by atoms with Crippen LogP contribution in [0.2, 0.25) is 0 Å². The van der Waals surface area contributed by atoms with Crippen LogP contribution in [0.15, 0.2) is 16.9 Å². The molecule has 2 fully saturated rings. The van der Waals surface area contributed by atoms with Crippen LogP contribution in [0.25, 0.3) is 0 Å². The molecule has 3 atom stereocenters. The van der Waals surface area contributed by atoms with E-state index in [1.807, 2.05) is 4.90 Å². The third-order valence-corrected chi connectivity index (χ3v) is 7.44. The fourth-order valence-corrected chi connectivity index (χ4v) is 6.41. The van der Waals surface area contributed by atoms with E-state index in [0.717, 1.165) is 11.3 Å². The number of carbonyl (C=O) groups excluding carboxylic acids is 1. The van der Waals surface area contributed by atoms with Gasteiger partial charge in [-0.25, -0.2) is 4.39 Å². The molecule has 0 saturated carbocycles. The molecule has 6 rings (SSSR count). The molecule has 5 aliphatic rings. The smallest absolute Gasteiger partial charge is 0.321 e. The maximum atomic E-state index is 15.0. The molecule has 9 heteroatoms. The van der Waals surface area contributed by atoms with Crippen molar-refractivity contribution in [2.75, 3.05) is 22.9 Å². The van der Waals surface area contributed by atoms with Crippen molar-refractivity contribution in [3.63, 3.8) is 0 Å².